The predicted octanol–water partition coefficient (Wildman–Crippen LogP) is -0.122. The topological polar surface area (TPSA) is 52.3 Å². The Morgan fingerprint density at radius 2 is 2.33 bits per heavy atom. The first-order chi connectivity index (χ1) is 4.22. The maximum atomic E-state index is 10.5. The van der Waals surface area contributed by atoms with Gasteiger partial charge in [0, 0.05) is 6.54 Å². The van der Waals surface area contributed by atoms with Crippen molar-refractivity contribution in [2.45, 2.75) is 6.92 Å². The highest BCUT2D eigenvalue weighted by molar-refractivity contribution is 7.82. The SMILES string of the molecule is CCOC(=O)C(=S)CN. The lowest BCUT2D eigenvalue weighted by Crippen LogP contribution is -2.23. The van der Waals surface area contributed by atoms with Gasteiger partial charge in [-0.1, -0.05) is 12.2 Å². The van der Waals surface area contributed by atoms with Crippen LogP contribution < -0.4 is 5.73 Å². The number of carbonyl (C=O) groups excluding carboxylic acids is 1. The molecule has 52 valence electrons. The molecule has 0 aromatic rings. The lowest BCUT2D eigenvalue weighted by atomic mass is 10.4. The largest absolute Gasteiger partial charge is 0.462 e. The molecule has 0 rings (SSSR count). The smallest absolute Gasteiger partial charge is 0.346 e. The van der Waals surface area contributed by atoms with E-state index in [0.29, 0.717) is 6.61 Å². The molecule has 0 heterocycles. The molecule has 9 heavy (non-hydrogen) atoms. The number of nitrogens with two attached hydrogens (primary N) is 1. The standard InChI is InChI=1S/C5H9NO2S/c1-2-8-5(7)4(9)3-6/h2-3,6H2,1H3. The molecule has 0 saturated heterocycles. The Bertz CT molecular complexity index is 124. The third-order valence-corrected chi connectivity index (χ3v) is 1.02. The molecule has 4 heteroatoms. The number of esters is 1. The highest BCUT2D eigenvalue weighted by Crippen LogP contribution is 1.81. The van der Waals surface area contributed by atoms with Gasteiger partial charge in [-0.2, -0.15) is 0 Å². The zero-order valence-electron chi connectivity index (χ0n) is 5.22. The van der Waals surface area contributed by atoms with E-state index in [1.54, 1.807) is 6.92 Å². The number of thiocarbonyl (C=S) groups is 1. The van der Waals surface area contributed by atoms with Gasteiger partial charge >= 0.3 is 5.97 Å². The Kier molecular flexibility index (Phi) is 4.17. The Morgan fingerprint density at radius 1 is 1.78 bits per heavy atom. The predicted molar refractivity (Wildman–Crippen MR) is 38.3 cm³/mol. The zero-order chi connectivity index (χ0) is 7.28. The van der Waals surface area contributed by atoms with Gasteiger partial charge in [-0.05, 0) is 6.92 Å². The normalized spacial score (nSPS) is 8.67. The lowest BCUT2D eigenvalue weighted by Gasteiger charge is -1.98. The monoisotopic (exact) mass is 147 g/mol. The minimum Gasteiger partial charge on any atom is -0.462 e. The van der Waals surface area contributed by atoms with Gasteiger partial charge in [0.05, 0.1) is 6.61 Å². The van der Waals surface area contributed by atoms with Crippen molar-refractivity contribution in [3.63, 3.8) is 0 Å². The summed E-state index contributed by atoms with van der Waals surface area (Å²) in [4.78, 5) is 10.7. The fourth-order valence-electron chi connectivity index (χ4n) is 0.295. The molecule has 0 amide bonds. The second-order valence-electron chi connectivity index (χ2n) is 1.35. The van der Waals surface area contributed by atoms with Crippen molar-refractivity contribution in [2.75, 3.05) is 13.2 Å². The maximum Gasteiger partial charge on any atom is 0.346 e. The van der Waals surface area contributed by atoms with E-state index in [-0.39, 0.29) is 11.4 Å². The van der Waals surface area contributed by atoms with Crippen LogP contribution in [0.25, 0.3) is 0 Å². The number of hydrogen-bond acceptors (Lipinski definition) is 4. The summed E-state index contributed by atoms with van der Waals surface area (Å²) in [6.07, 6.45) is 0. The van der Waals surface area contributed by atoms with Gasteiger partial charge in [0.2, 0.25) is 0 Å². The maximum absolute atomic E-state index is 10.5. The average molecular weight is 147 g/mol. The first-order valence-corrected chi connectivity index (χ1v) is 3.03. The molecule has 0 saturated carbocycles. The molecule has 0 aliphatic heterocycles. The minimum absolute atomic E-state index is 0.0914. The van der Waals surface area contributed by atoms with Gasteiger partial charge in [0.1, 0.15) is 4.86 Å². The van der Waals surface area contributed by atoms with E-state index in [4.69, 9.17) is 5.73 Å². The van der Waals surface area contributed by atoms with Crippen LogP contribution in [0.4, 0.5) is 0 Å². The van der Waals surface area contributed by atoms with Gasteiger partial charge in [-0.15, -0.1) is 0 Å². The highest BCUT2D eigenvalue weighted by atomic mass is 32.1. The van der Waals surface area contributed by atoms with E-state index in [0.717, 1.165) is 0 Å². The van der Waals surface area contributed by atoms with Gasteiger partial charge in [0.25, 0.3) is 0 Å². The van der Waals surface area contributed by atoms with E-state index in [9.17, 15) is 4.79 Å². The van der Waals surface area contributed by atoms with Crippen LogP contribution in [0.3, 0.4) is 0 Å². The van der Waals surface area contributed by atoms with Gasteiger partial charge in [-0.25, -0.2) is 4.79 Å². The molecular formula is C5H9NO2S. The van der Waals surface area contributed by atoms with E-state index in [1.165, 1.54) is 0 Å². The first-order valence-electron chi connectivity index (χ1n) is 2.62. The summed E-state index contributed by atoms with van der Waals surface area (Å²) >= 11 is 4.54. The van der Waals surface area contributed by atoms with Crippen molar-refractivity contribution in [1.82, 2.24) is 0 Å². The van der Waals surface area contributed by atoms with Gasteiger partial charge in [0.15, 0.2) is 0 Å². The highest BCUT2D eigenvalue weighted by Gasteiger charge is 2.05. The summed E-state index contributed by atoms with van der Waals surface area (Å²) in [6, 6.07) is 0. The average Bonchev–Trinajstić information content (AvgIpc) is 1.87. The third kappa shape index (κ3) is 3.16. The van der Waals surface area contributed by atoms with Crippen molar-refractivity contribution >= 4 is 23.1 Å². The summed E-state index contributed by atoms with van der Waals surface area (Å²) in [5.74, 6) is -0.477. The quantitative estimate of drug-likeness (QED) is 0.446. The molecule has 2 N–H and O–H groups in total. The Labute approximate surface area is 59.2 Å². The van der Waals surface area contributed by atoms with E-state index < -0.39 is 5.97 Å². The number of carbonyl (C=O) groups is 1. The third-order valence-electron chi connectivity index (χ3n) is 0.688. The van der Waals surface area contributed by atoms with Crippen molar-refractivity contribution in [3.05, 3.63) is 0 Å². The molecule has 0 aliphatic carbocycles. The summed E-state index contributed by atoms with van der Waals surface area (Å²) in [7, 11) is 0. The van der Waals surface area contributed by atoms with Crippen LogP contribution in [-0.2, 0) is 9.53 Å². The van der Waals surface area contributed by atoms with E-state index in [1.807, 2.05) is 0 Å². The van der Waals surface area contributed by atoms with Crippen molar-refractivity contribution in [3.8, 4) is 0 Å². The number of rotatable bonds is 3. The van der Waals surface area contributed by atoms with Crippen LogP contribution in [-0.4, -0.2) is 24.0 Å². The molecule has 0 unspecified atom stereocenters. The number of ether oxygens (including phenoxy) is 1. The van der Waals surface area contributed by atoms with E-state index >= 15 is 0 Å². The second-order valence-corrected chi connectivity index (χ2v) is 1.84. The fourth-order valence-corrected chi connectivity index (χ4v) is 0.354. The molecule has 0 aliphatic rings. The van der Waals surface area contributed by atoms with Crippen molar-refractivity contribution in [2.24, 2.45) is 5.73 Å². The van der Waals surface area contributed by atoms with Crippen molar-refractivity contribution < 1.29 is 9.53 Å². The van der Waals surface area contributed by atoms with Crippen LogP contribution in [0.1, 0.15) is 6.92 Å². The second kappa shape index (κ2) is 4.40. The van der Waals surface area contributed by atoms with Gasteiger partial charge < -0.3 is 10.5 Å². The van der Waals surface area contributed by atoms with E-state index in [2.05, 4.69) is 17.0 Å². The summed E-state index contributed by atoms with van der Waals surface area (Å²) in [5, 5.41) is 0. The molecule has 3 nitrogen and oxygen atoms in total. The summed E-state index contributed by atoms with van der Waals surface area (Å²) in [6.45, 7) is 2.16. The first kappa shape index (κ1) is 8.52. The van der Waals surface area contributed by atoms with Crippen molar-refractivity contribution in [1.29, 1.82) is 0 Å². The molecule has 0 aromatic carbocycles. The molecular weight excluding hydrogens is 138 g/mol. The van der Waals surface area contributed by atoms with Crippen LogP contribution in [0.15, 0.2) is 0 Å². The van der Waals surface area contributed by atoms with Gasteiger partial charge in [-0.3, -0.25) is 0 Å². The number of hydrogen-bond donors (Lipinski definition) is 1. The Morgan fingerprint density at radius 3 is 2.67 bits per heavy atom. The summed E-state index contributed by atoms with van der Waals surface area (Å²) < 4.78 is 4.53. The van der Waals surface area contributed by atoms with Crippen LogP contribution in [0.5, 0.6) is 0 Å². The summed E-state index contributed by atoms with van der Waals surface area (Å²) in [5.41, 5.74) is 5.06. The molecule has 0 fully saturated rings. The molecule has 0 radical (unpaired) electrons. The molecule has 0 spiro atoms. The minimum atomic E-state index is -0.477. The van der Waals surface area contributed by atoms with Crippen LogP contribution in [0, 0.1) is 0 Å². The zero-order valence-corrected chi connectivity index (χ0v) is 6.03. The molecule has 0 aromatic heterocycles. The Hall–Kier alpha value is -0.480. The van der Waals surface area contributed by atoms with Crippen LogP contribution >= 0.6 is 12.2 Å². The lowest BCUT2D eigenvalue weighted by molar-refractivity contribution is -0.134. The fraction of sp³-hybridized carbons (Fsp3) is 0.600. The molecule has 0 atom stereocenters. The van der Waals surface area contributed by atoms with Crippen LogP contribution in [0.2, 0.25) is 0 Å². The Balaban J connectivity index is 3.60. The molecule has 0 bridgehead atoms.